The Morgan fingerprint density at radius 2 is 1.78 bits per heavy atom. The molecule has 1 aliphatic heterocycles. The highest BCUT2D eigenvalue weighted by Crippen LogP contribution is 2.25. The lowest BCUT2D eigenvalue weighted by atomic mass is 10.1. The normalized spacial score (nSPS) is 19.0. The molecule has 0 bridgehead atoms. The van der Waals surface area contributed by atoms with Gasteiger partial charge in [0, 0.05) is 13.1 Å². The van der Waals surface area contributed by atoms with Gasteiger partial charge in [0.15, 0.2) is 0 Å². The summed E-state index contributed by atoms with van der Waals surface area (Å²) >= 11 is 0. The zero-order valence-corrected chi connectivity index (χ0v) is 18.3. The predicted octanol–water partition coefficient (Wildman–Crippen LogP) is 1.97. The Kier molecular flexibility index (Phi) is 7.49. The number of hydrogen-bond donors (Lipinski definition) is 3. The number of nitrogens with zero attached hydrogens (tertiary/aromatic N) is 1. The molecule has 2 amide bonds. The summed E-state index contributed by atoms with van der Waals surface area (Å²) in [4.78, 5) is 24.5. The zero-order valence-electron chi connectivity index (χ0n) is 17.5. The Bertz CT molecular complexity index is 1070. The van der Waals surface area contributed by atoms with Crippen LogP contribution in [0.25, 0.3) is 0 Å². The molecule has 10 heteroatoms. The molecular formula is C22H25N3O6S. The Labute approximate surface area is 186 Å². The topological polar surface area (TPSA) is 125 Å². The summed E-state index contributed by atoms with van der Waals surface area (Å²) in [6.07, 6.45) is 3.42. The third kappa shape index (κ3) is 5.45. The first-order chi connectivity index (χ1) is 15.3. The van der Waals surface area contributed by atoms with Crippen molar-refractivity contribution in [3.8, 4) is 5.75 Å². The third-order valence-electron chi connectivity index (χ3n) is 5.06. The first-order valence-electron chi connectivity index (χ1n) is 9.95. The molecule has 0 fully saturated rings. The van der Waals surface area contributed by atoms with E-state index in [4.69, 9.17) is 4.74 Å². The van der Waals surface area contributed by atoms with Gasteiger partial charge in [0.25, 0.3) is 0 Å². The van der Waals surface area contributed by atoms with Crippen LogP contribution in [-0.2, 0) is 21.4 Å². The molecule has 2 aromatic carbocycles. The maximum absolute atomic E-state index is 13.3. The van der Waals surface area contributed by atoms with Crippen molar-refractivity contribution in [2.75, 3.05) is 13.7 Å². The first kappa shape index (κ1) is 23.3. The lowest BCUT2D eigenvalue weighted by molar-refractivity contribution is -0.142. The number of carboxylic acids is 1. The van der Waals surface area contributed by atoms with Crippen molar-refractivity contribution in [3.05, 3.63) is 72.3 Å². The quantitative estimate of drug-likeness (QED) is 0.544. The van der Waals surface area contributed by atoms with Gasteiger partial charge in [-0.15, -0.1) is 0 Å². The van der Waals surface area contributed by atoms with E-state index in [1.165, 1.54) is 31.4 Å². The summed E-state index contributed by atoms with van der Waals surface area (Å²) in [6, 6.07) is 11.9. The van der Waals surface area contributed by atoms with Crippen LogP contribution in [-0.4, -0.2) is 55.6 Å². The van der Waals surface area contributed by atoms with Gasteiger partial charge in [0.2, 0.25) is 10.0 Å². The maximum Gasteiger partial charge on any atom is 0.324 e. The smallest absolute Gasteiger partial charge is 0.324 e. The van der Waals surface area contributed by atoms with E-state index in [9.17, 15) is 23.1 Å². The Morgan fingerprint density at radius 1 is 1.09 bits per heavy atom. The van der Waals surface area contributed by atoms with Gasteiger partial charge in [-0.3, -0.25) is 4.79 Å². The Balaban J connectivity index is 1.80. The number of carbonyl (C=O) groups excluding carboxylic acids is 1. The molecule has 0 saturated carbocycles. The van der Waals surface area contributed by atoms with E-state index in [-0.39, 0.29) is 24.4 Å². The minimum Gasteiger partial charge on any atom is -0.497 e. The van der Waals surface area contributed by atoms with Crippen LogP contribution < -0.4 is 15.4 Å². The third-order valence-corrected chi connectivity index (χ3v) is 6.93. The van der Waals surface area contributed by atoms with Crippen LogP contribution in [0.1, 0.15) is 12.0 Å². The van der Waals surface area contributed by atoms with Crippen molar-refractivity contribution in [1.82, 2.24) is 14.9 Å². The number of carboxylic acid groups (broad SMARTS) is 1. The fourth-order valence-electron chi connectivity index (χ4n) is 3.43. The van der Waals surface area contributed by atoms with Crippen LogP contribution in [0.4, 0.5) is 4.79 Å². The van der Waals surface area contributed by atoms with Crippen molar-refractivity contribution in [2.24, 2.45) is 0 Å². The molecule has 0 radical (unpaired) electrons. The summed E-state index contributed by atoms with van der Waals surface area (Å²) in [7, 11) is -2.69. The van der Waals surface area contributed by atoms with Crippen LogP contribution in [0.3, 0.4) is 0 Å². The fraction of sp³-hybridized carbons (Fsp3) is 0.273. The Hall–Kier alpha value is -3.37. The van der Waals surface area contributed by atoms with Gasteiger partial charge in [-0.2, -0.15) is 4.31 Å². The highest BCUT2D eigenvalue weighted by Gasteiger charge is 2.41. The van der Waals surface area contributed by atoms with Gasteiger partial charge < -0.3 is 20.5 Å². The zero-order chi connectivity index (χ0) is 23.1. The van der Waals surface area contributed by atoms with E-state index in [1.807, 2.05) is 30.3 Å². The number of rotatable bonds is 7. The monoisotopic (exact) mass is 459 g/mol. The highest BCUT2D eigenvalue weighted by molar-refractivity contribution is 7.89. The average Bonchev–Trinajstić information content (AvgIpc) is 3.01. The van der Waals surface area contributed by atoms with E-state index in [2.05, 4.69) is 10.6 Å². The molecule has 2 aromatic rings. The van der Waals surface area contributed by atoms with Crippen LogP contribution in [0, 0.1) is 0 Å². The first-order valence-corrected chi connectivity index (χ1v) is 11.4. The number of sulfonamides is 1. The number of urea groups is 1. The summed E-state index contributed by atoms with van der Waals surface area (Å²) in [5.41, 5.74) is 0.877. The minimum absolute atomic E-state index is 0.0628. The summed E-state index contributed by atoms with van der Waals surface area (Å²) in [5, 5.41) is 15.2. The van der Waals surface area contributed by atoms with Crippen molar-refractivity contribution in [1.29, 1.82) is 0 Å². The highest BCUT2D eigenvalue weighted by atomic mass is 32.2. The van der Waals surface area contributed by atoms with Gasteiger partial charge in [0.05, 0.1) is 18.0 Å². The second kappa shape index (κ2) is 10.3. The molecule has 0 saturated heterocycles. The molecule has 0 aromatic heterocycles. The van der Waals surface area contributed by atoms with E-state index < -0.39 is 34.1 Å². The van der Waals surface area contributed by atoms with Crippen LogP contribution >= 0.6 is 0 Å². The van der Waals surface area contributed by atoms with E-state index in [0.29, 0.717) is 5.75 Å². The lowest BCUT2D eigenvalue weighted by Crippen LogP contribution is -2.57. The van der Waals surface area contributed by atoms with E-state index in [0.717, 1.165) is 9.87 Å². The molecule has 0 aliphatic carbocycles. The summed E-state index contributed by atoms with van der Waals surface area (Å²) < 4.78 is 32.5. The number of benzene rings is 2. The largest absolute Gasteiger partial charge is 0.497 e. The SMILES string of the molecule is COc1ccc(S(=O)(=O)N2CC=CCC(NC(=O)NCc3ccccc3)C2C(=O)O)cc1. The number of carbonyl (C=O) groups is 2. The molecule has 3 N–H and O–H groups in total. The van der Waals surface area contributed by atoms with Crippen molar-refractivity contribution in [3.63, 3.8) is 0 Å². The number of hydrogen-bond acceptors (Lipinski definition) is 5. The van der Waals surface area contributed by atoms with Crippen LogP contribution in [0.2, 0.25) is 0 Å². The number of aliphatic carboxylic acids is 1. The van der Waals surface area contributed by atoms with Gasteiger partial charge in [0.1, 0.15) is 11.8 Å². The van der Waals surface area contributed by atoms with Crippen LogP contribution in [0.5, 0.6) is 5.75 Å². The molecule has 2 unspecified atom stereocenters. The number of ether oxygens (including phenoxy) is 1. The maximum atomic E-state index is 13.3. The van der Waals surface area contributed by atoms with Crippen molar-refractivity contribution < 1.29 is 27.9 Å². The number of methoxy groups -OCH3 is 1. The number of amides is 2. The fourth-order valence-corrected chi connectivity index (χ4v) is 5.00. The number of nitrogens with one attached hydrogen (secondary N) is 2. The van der Waals surface area contributed by atoms with E-state index >= 15 is 0 Å². The van der Waals surface area contributed by atoms with Crippen molar-refractivity contribution >= 4 is 22.0 Å². The molecule has 32 heavy (non-hydrogen) atoms. The van der Waals surface area contributed by atoms with E-state index in [1.54, 1.807) is 12.2 Å². The van der Waals surface area contributed by atoms with Crippen LogP contribution in [0.15, 0.2) is 71.6 Å². The van der Waals surface area contributed by atoms with Gasteiger partial charge in [-0.05, 0) is 36.2 Å². The second-order valence-electron chi connectivity index (χ2n) is 7.16. The average molecular weight is 460 g/mol. The molecule has 3 rings (SSSR count). The molecular weight excluding hydrogens is 434 g/mol. The molecule has 170 valence electrons. The molecule has 9 nitrogen and oxygen atoms in total. The second-order valence-corrected chi connectivity index (χ2v) is 9.05. The summed E-state index contributed by atoms with van der Waals surface area (Å²) in [5.74, 6) is -0.872. The van der Waals surface area contributed by atoms with Gasteiger partial charge >= 0.3 is 12.0 Å². The predicted molar refractivity (Wildman–Crippen MR) is 118 cm³/mol. The summed E-state index contributed by atoms with van der Waals surface area (Å²) in [6.45, 7) is 0.121. The molecule has 0 spiro atoms. The minimum atomic E-state index is -4.15. The van der Waals surface area contributed by atoms with Gasteiger partial charge in [-0.25, -0.2) is 13.2 Å². The molecule has 2 atom stereocenters. The van der Waals surface area contributed by atoms with Gasteiger partial charge in [-0.1, -0.05) is 42.5 Å². The Morgan fingerprint density at radius 3 is 2.41 bits per heavy atom. The standard InChI is InChI=1S/C22H25N3O6S/c1-31-17-10-12-18(13-11-17)32(29,30)25-14-6-5-9-19(20(25)21(26)27)24-22(28)23-15-16-7-3-2-4-8-16/h2-8,10-13,19-20H,9,14-15H2,1H3,(H,26,27)(H2,23,24,28). The molecule has 1 aliphatic rings. The lowest BCUT2D eigenvalue weighted by Gasteiger charge is -2.31. The van der Waals surface area contributed by atoms with Crippen molar-refractivity contribution in [2.45, 2.75) is 29.9 Å². The molecule has 1 heterocycles.